The van der Waals surface area contributed by atoms with Gasteiger partial charge in [0.2, 0.25) is 0 Å². The molecule has 1 atom stereocenters. The standard InChI is InChI=1S/C22H22ClN3O3/c1-3-11-26-21(13-5-8-15(9-6-13)29-4-2)18-19(24-25-20(18)22(26)28)16-12-14(23)7-10-17(16)27/h5-10,12,21,27H,3-4,11H2,1-2H3,(H,24,25). The molecule has 4 rings (SSSR count). The smallest absolute Gasteiger partial charge is 0.273 e. The molecule has 3 aromatic rings. The van der Waals surface area contributed by atoms with Crippen molar-refractivity contribution in [1.82, 2.24) is 15.1 Å². The molecule has 1 aliphatic heterocycles. The molecule has 0 saturated heterocycles. The number of fused-ring (bicyclic) bond motifs is 1. The maximum Gasteiger partial charge on any atom is 0.273 e. The van der Waals surface area contributed by atoms with Crippen LogP contribution in [-0.4, -0.2) is 39.3 Å². The van der Waals surface area contributed by atoms with Crippen molar-refractivity contribution in [1.29, 1.82) is 0 Å². The third-order valence-electron chi connectivity index (χ3n) is 5.05. The van der Waals surface area contributed by atoms with Gasteiger partial charge >= 0.3 is 0 Å². The second-order valence-corrected chi connectivity index (χ2v) is 7.36. The van der Waals surface area contributed by atoms with E-state index >= 15 is 0 Å². The first-order chi connectivity index (χ1) is 14.0. The second-order valence-electron chi connectivity index (χ2n) is 6.93. The number of hydrogen-bond donors (Lipinski definition) is 2. The first kappa shape index (κ1) is 19.3. The lowest BCUT2D eigenvalue weighted by atomic mass is 9.95. The topological polar surface area (TPSA) is 78.5 Å². The van der Waals surface area contributed by atoms with Gasteiger partial charge in [-0.2, -0.15) is 5.10 Å². The van der Waals surface area contributed by atoms with E-state index in [4.69, 9.17) is 16.3 Å². The minimum atomic E-state index is -0.305. The maximum absolute atomic E-state index is 13.1. The Bertz CT molecular complexity index is 1050. The average molecular weight is 412 g/mol. The molecule has 150 valence electrons. The van der Waals surface area contributed by atoms with Crippen LogP contribution in [0, 0.1) is 0 Å². The molecule has 0 bridgehead atoms. The SMILES string of the molecule is CCCN1C(=O)c2[nH]nc(-c3cc(Cl)ccc3O)c2C1c1ccc(OCC)cc1. The predicted octanol–water partition coefficient (Wildman–Crippen LogP) is 4.79. The number of halogens is 1. The Morgan fingerprint density at radius 1 is 1.21 bits per heavy atom. The Kier molecular flexibility index (Phi) is 5.20. The molecule has 1 aromatic heterocycles. The number of hydrogen-bond acceptors (Lipinski definition) is 4. The number of amides is 1. The molecule has 0 spiro atoms. The van der Waals surface area contributed by atoms with E-state index in [1.54, 1.807) is 12.1 Å². The number of benzene rings is 2. The third-order valence-corrected chi connectivity index (χ3v) is 5.28. The average Bonchev–Trinajstić information content (AvgIpc) is 3.25. The minimum absolute atomic E-state index is 0.0653. The molecule has 0 fully saturated rings. The van der Waals surface area contributed by atoms with E-state index in [-0.39, 0.29) is 17.7 Å². The molecule has 0 radical (unpaired) electrons. The van der Waals surface area contributed by atoms with E-state index in [2.05, 4.69) is 10.2 Å². The van der Waals surface area contributed by atoms with Crippen LogP contribution < -0.4 is 4.74 Å². The number of aromatic nitrogens is 2. The monoisotopic (exact) mass is 411 g/mol. The molecule has 1 unspecified atom stereocenters. The van der Waals surface area contributed by atoms with Crippen molar-refractivity contribution in [3.8, 4) is 22.8 Å². The summed E-state index contributed by atoms with van der Waals surface area (Å²) in [6.45, 7) is 5.18. The van der Waals surface area contributed by atoms with Crippen molar-refractivity contribution in [2.45, 2.75) is 26.3 Å². The molecule has 0 saturated carbocycles. The first-order valence-electron chi connectivity index (χ1n) is 9.66. The van der Waals surface area contributed by atoms with Gasteiger partial charge in [-0.25, -0.2) is 0 Å². The number of phenols is 1. The number of carbonyl (C=O) groups excluding carboxylic acids is 1. The Labute approximate surface area is 174 Å². The van der Waals surface area contributed by atoms with Gasteiger partial charge in [0.15, 0.2) is 0 Å². The van der Waals surface area contributed by atoms with Crippen LogP contribution in [0.1, 0.15) is 47.9 Å². The summed E-state index contributed by atoms with van der Waals surface area (Å²) >= 11 is 6.15. The van der Waals surface area contributed by atoms with Crippen molar-refractivity contribution in [3.63, 3.8) is 0 Å². The Hall–Kier alpha value is -2.99. The number of H-pyrrole nitrogens is 1. The lowest BCUT2D eigenvalue weighted by Gasteiger charge is -2.26. The molecule has 1 aliphatic rings. The van der Waals surface area contributed by atoms with Crippen molar-refractivity contribution >= 4 is 17.5 Å². The van der Waals surface area contributed by atoms with Crippen LogP contribution in [0.25, 0.3) is 11.3 Å². The molecule has 2 aromatic carbocycles. The van der Waals surface area contributed by atoms with Crippen LogP contribution in [0.15, 0.2) is 42.5 Å². The largest absolute Gasteiger partial charge is 0.507 e. The van der Waals surface area contributed by atoms with Crippen LogP contribution in [0.5, 0.6) is 11.5 Å². The lowest BCUT2D eigenvalue weighted by Crippen LogP contribution is -2.30. The molecule has 29 heavy (non-hydrogen) atoms. The van der Waals surface area contributed by atoms with Crippen LogP contribution >= 0.6 is 11.6 Å². The number of aromatic hydroxyl groups is 1. The van der Waals surface area contributed by atoms with Gasteiger partial charge in [0, 0.05) is 22.7 Å². The number of nitrogens with zero attached hydrogens (tertiary/aromatic N) is 2. The van der Waals surface area contributed by atoms with Crippen LogP contribution in [-0.2, 0) is 0 Å². The highest BCUT2D eigenvalue weighted by molar-refractivity contribution is 6.31. The number of aromatic amines is 1. The first-order valence-corrected chi connectivity index (χ1v) is 10.0. The van der Waals surface area contributed by atoms with Crippen molar-refractivity contribution in [2.24, 2.45) is 0 Å². The molecular weight excluding hydrogens is 390 g/mol. The summed E-state index contributed by atoms with van der Waals surface area (Å²) in [5.74, 6) is 0.749. The highest BCUT2D eigenvalue weighted by atomic mass is 35.5. The lowest BCUT2D eigenvalue weighted by molar-refractivity contribution is 0.0744. The van der Waals surface area contributed by atoms with E-state index in [0.717, 1.165) is 23.3 Å². The zero-order chi connectivity index (χ0) is 20.5. The van der Waals surface area contributed by atoms with Crippen molar-refractivity contribution < 1.29 is 14.6 Å². The van der Waals surface area contributed by atoms with Crippen LogP contribution in [0.4, 0.5) is 0 Å². The Balaban J connectivity index is 1.86. The fourth-order valence-corrected chi connectivity index (χ4v) is 4.00. The maximum atomic E-state index is 13.1. The van der Waals surface area contributed by atoms with Crippen molar-refractivity contribution in [3.05, 3.63) is 64.3 Å². The van der Waals surface area contributed by atoms with Gasteiger partial charge in [-0.1, -0.05) is 30.7 Å². The predicted molar refractivity (Wildman–Crippen MR) is 111 cm³/mol. The van der Waals surface area contributed by atoms with Gasteiger partial charge in [-0.15, -0.1) is 0 Å². The summed E-state index contributed by atoms with van der Waals surface area (Å²) in [6, 6.07) is 12.3. The Morgan fingerprint density at radius 3 is 2.66 bits per heavy atom. The molecular formula is C22H22ClN3O3. The van der Waals surface area contributed by atoms with E-state index in [1.165, 1.54) is 6.07 Å². The highest BCUT2D eigenvalue weighted by Crippen LogP contribution is 2.45. The summed E-state index contributed by atoms with van der Waals surface area (Å²) in [7, 11) is 0. The summed E-state index contributed by atoms with van der Waals surface area (Å²) in [5.41, 5.74) is 3.19. The zero-order valence-corrected chi connectivity index (χ0v) is 17.0. The molecule has 2 heterocycles. The summed E-state index contributed by atoms with van der Waals surface area (Å²) < 4.78 is 5.55. The zero-order valence-electron chi connectivity index (χ0n) is 16.3. The highest BCUT2D eigenvalue weighted by Gasteiger charge is 2.42. The third kappa shape index (κ3) is 3.34. The summed E-state index contributed by atoms with van der Waals surface area (Å²) in [6.07, 6.45) is 0.828. The summed E-state index contributed by atoms with van der Waals surface area (Å²) in [4.78, 5) is 14.9. The van der Waals surface area contributed by atoms with Crippen molar-refractivity contribution in [2.75, 3.05) is 13.2 Å². The van der Waals surface area contributed by atoms with Gasteiger partial charge < -0.3 is 14.7 Å². The fraction of sp³-hybridized carbons (Fsp3) is 0.273. The number of rotatable bonds is 6. The quantitative estimate of drug-likeness (QED) is 0.611. The molecule has 2 N–H and O–H groups in total. The van der Waals surface area contributed by atoms with Gasteiger partial charge in [0.05, 0.1) is 12.6 Å². The van der Waals surface area contributed by atoms with Gasteiger partial charge in [0.25, 0.3) is 5.91 Å². The molecule has 0 aliphatic carbocycles. The molecule has 7 heteroatoms. The molecule has 6 nitrogen and oxygen atoms in total. The minimum Gasteiger partial charge on any atom is -0.507 e. The van der Waals surface area contributed by atoms with Gasteiger partial charge in [-0.05, 0) is 49.2 Å². The Morgan fingerprint density at radius 2 is 1.97 bits per heavy atom. The van der Waals surface area contributed by atoms with E-state index in [9.17, 15) is 9.90 Å². The van der Waals surface area contributed by atoms with E-state index < -0.39 is 0 Å². The van der Waals surface area contributed by atoms with Crippen LogP contribution in [0.3, 0.4) is 0 Å². The number of nitrogens with one attached hydrogen (secondary N) is 1. The summed E-state index contributed by atoms with van der Waals surface area (Å²) in [5, 5.41) is 18.1. The van der Waals surface area contributed by atoms with Gasteiger partial charge in [-0.3, -0.25) is 9.89 Å². The van der Waals surface area contributed by atoms with E-state index in [0.29, 0.717) is 35.1 Å². The fourth-order valence-electron chi connectivity index (χ4n) is 3.83. The van der Waals surface area contributed by atoms with E-state index in [1.807, 2.05) is 43.0 Å². The number of ether oxygens (including phenoxy) is 1. The molecule has 1 amide bonds. The van der Waals surface area contributed by atoms with Gasteiger partial charge in [0.1, 0.15) is 22.9 Å². The number of carbonyl (C=O) groups is 1. The number of phenolic OH excluding ortho intramolecular Hbond substituents is 1. The second kappa shape index (κ2) is 7.79. The van der Waals surface area contributed by atoms with Crippen LogP contribution in [0.2, 0.25) is 5.02 Å². The normalized spacial score (nSPS) is 15.6.